The van der Waals surface area contributed by atoms with Crippen LogP contribution >= 0.6 is 22.6 Å². The summed E-state index contributed by atoms with van der Waals surface area (Å²) < 4.78 is 19.7. The molecule has 0 unspecified atom stereocenters. The van der Waals surface area contributed by atoms with Crippen LogP contribution in [0, 0.1) is 20.7 Å². The fourth-order valence-corrected chi connectivity index (χ4v) is 1.74. The standard InChI is InChI=1S/C13H7FINO/c14-12-7-10(15)3-6-13(12)17-11-4-1-9(8-16)2-5-11/h1-7H. The molecule has 0 heterocycles. The molecular formula is C13H7FINO. The third-order valence-electron chi connectivity index (χ3n) is 2.11. The summed E-state index contributed by atoms with van der Waals surface area (Å²) >= 11 is 2.03. The second-order valence-electron chi connectivity index (χ2n) is 3.31. The molecule has 2 aromatic carbocycles. The molecule has 2 rings (SSSR count). The first-order chi connectivity index (χ1) is 8.19. The first kappa shape index (κ1) is 11.9. The number of ether oxygens (including phenoxy) is 1. The van der Waals surface area contributed by atoms with Gasteiger partial charge in [0.15, 0.2) is 11.6 Å². The smallest absolute Gasteiger partial charge is 0.166 e. The van der Waals surface area contributed by atoms with E-state index in [0.29, 0.717) is 11.3 Å². The van der Waals surface area contributed by atoms with Crippen LogP contribution in [0.3, 0.4) is 0 Å². The van der Waals surface area contributed by atoms with E-state index in [9.17, 15) is 4.39 Å². The van der Waals surface area contributed by atoms with Crippen molar-refractivity contribution in [2.75, 3.05) is 0 Å². The largest absolute Gasteiger partial charge is 0.454 e. The molecule has 0 atom stereocenters. The van der Waals surface area contributed by atoms with E-state index in [2.05, 4.69) is 0 Å². The molecule has 0 bridgehead atoms. The van der Waals surface area contributed by atoms with Crippen LogP contribution in [0.25, 0.3) is 0 Å². The monoisotopic (exact) mass is 339 g/mol. The maximum absolute atomic E-state index is 13.5. The molecule has 0 aromatic heterocycles. The highest BCUT2D eigenvalue weighted by atomic mass is 127. The van der Waals surface area contributed by atoms with Crippen LogP contribution in [-0.4, -0.2) is 0 Å². The highest BCUT2D eigenvalue weighted by molar-refractivity contribution is 14.1. The van der Waals surface area contributed by atoms with Gasteiger partial charge in [-0.3, -0.25) is 0 Å². The van der Waals surface area contributed by atoms with Crippen molar-refractivity contribution in [1.29, 1.82) is 5.26 Å². The van der Waals surface area contributed by atoms with E-state index < -0.39 is 5.82 Å². The average Bonchev–Trinajstić information content (AvgIpc) is 2.34. The van der Waals surface area contributed by atoms with Gasteiger partial charge in [0.1, 0.15) is 5.75 Å². The molecule has 0 fully saturated rings. The van der Waals surface area contributed by atoms with Crippen LogP contribution in [0.15, 0.2) is 42.5 Å². The molecule has 0 saturated heterocycles. The summed E-state index contributed by atoms with van der Waals surface area (Å²) in [7, 11) is 0. The highest BCUT2D eigenvalue weighted by Crippen LogP contribution is 2.25. The molecule has 0 aliphatic carbocycles. The Kier molecular flexibility index (Phi) is 3.59. The first-order valence-corrected chi connectivity index (χ1v) is 5.90. The van der Waals surface area contributed by atoms with Gasteiger partial charge >= 0.3 is 0 Å². The normalized spacial score (nSPS) is 9.71. The maximum Gasteiger partial charge on any atom is 0.166 e. The molecule has 2 aromatic rings. The minimum Gasteiger partial charge on any atom is -0.454 e. The van der Waals surface area contributed by atoms with Gasteiger partial charge in [-0.05, 0) is 65.1 Å². The van der Waals surface area contributed by atoms with E-state index in [1.54, 1.807) is 36.4 Å². The van der Waals surface area contributed by atoms with Gasteiger partial charge in [0.25, 0.3) is 0 Å². The van der Waals surface area contributed by atoms with E-state index in [1.807, 2.05) is 28.7 Å². The number of halogens is 2. The minimum atomic E-state index is -0.402. The predicted molar refractivity (Wildman–Crippen MR) is 70.3 cm³/mol. The molecule has 0 spiro atoms. The quantitative estimate of drug-likeness (QED) is 0.772. The highest BCUT2D eigenvalue weighted by Gasteiger charge is 2.05. The Morgan fingerprint density at radius 3 is 2.41 bits per heavy atom. The molecule has 0 aliphatic rings. The van der Waals surface area contributed by atoms with Crippen molar-refractivity contribution < 1.29 is 9.13 Å². The Hall–Kier alpha value is -1.61. The summed E-state index contributed by atoms with van der Waals surface area (Å²) in [6, 6.07) is 13.3. The van der Waals surface area contributed by atoms with Crippen LogP contribution in [0.4, 0.5) is 4.39 Å². The van der Waals surface area contributed by atoms with Crippen molar-refractivity contribution in [3.63, 3.8) is 0 Å². The Morgan fingerprint density at radius 1 is 1.12 bits per heavy atom. The average molecular weight is 339 g/mol. The number of nitriles is 1. The maximum atomic E-state index is 13.5. The Morgan fingerprint density at radius 2 is 1.82 bits per heavy atom. The van der Waals surface area contributed by atoms with Gasteiger partial charge in [0.2, 0.25) is 0 Å². The summed E-state index contributed by atoms with van der Waals surface area (Å²) in [5.74, 6) is 0.278. The summed E-state index contributed by atoms with van der Waals surface area (Å²) in [4.78, 5) is 0. The van der Waals surface area contributed by atoms with Crippen molar-refractivity contribution in [2.24, 2.45) is 0 Å². The lowest BCUT2D eigenvalue weighted by Gasteiger charge is -2.06. The van der Waals surface area contributed by atoms with E-state index in [0.717, 1.165) is 3.57 Å². The van der Waals surface area contributed by atoms with Crippen molar-refractivity contribution in [3.8, 4) is 17.6 Å². The van der Waals surface area contributed by atoms with Crippen molar-refractivity contribution >= 4 is 22.6 Å². The Balaban J connectivity index is 2.23. The van der Waals surface area contributed by atoms with E-state index in [1.165, 1.54) is 6.07 Å². The summed E-state index contributed by atoms with van der Waals surface area (Å²) in [6.07, 6.45) is 0. The molecule has 0 N–H and O–H groups in total. The van der Waals surface area contributed by atoms with Gasteiger partial charge < -0.3 is 4.74 Å². The Labute approximate surface area is 112 Å². The van der Waals surface area contributed by atoms with Crippen molar-refractivity contribution in [3.05, 3.63) is 57.4 Å². The van der Waals surface area contributed by atoms with Crippen LogP contribution in [-0.2, 0) is 0 Å². The van der Waals surface area contributed by atoms with Gasteiger partial charge in [-0.1, -0.05) is 0 Å². The van der Waals surface area contributed by atoms with E-state index >= 15 is 0 Å². The van der Waals surface area contributed by atoms with Crippen LogP contribution in [0.2, 0.25) is 0 Å². The fraction of sp³-hybridized carbons (Fsp3) is 0. The third kappa shape index (κ3) is 2.94. The molecule has 0 amide bonds. The van der Waals surface area contributed by atoms with Crippen LogP contribution in [0.1, 0.15) is 5.56 Å². The molecule has 0 aliphatic heterocycles. The number of benzene rings is 2. The SMILES string of the molecule is N#Cc1ccc(Oc2ccc(I)cc2F)cc1. The third-order valence-corrected chi connectivity index (χ3v) is 2.78. The molecule has 2 nitrogen and oxygen atoms in total. The molecule has 17 heavy (non-hydrogen) atoms. The van der Waals surface area contributed by atoms with E-state index in [4.69, 9.17) is 10.00 Å². The fourth-order valence-electron chi connectivity index (χ4n) is 1.28. The van der Waals surface area contributed by atoms with Gasteiger partial charge in [-0.2, -0.15) is 5.26 Å². The lowest BCUT2D eigenvalue weighted by Crippen LogP contribution is -1.89. The van der Waals surface area contributed by atoms with Gasteiger partial charge in [-0.25, -0.2) is 4.39 Å². The zero-order chi connectivity index (χ0) is 12.3. The topological polar surface area (TPSA) is 33.0 Å². The molecule has 84 valence electrons. The molecular weight excluding hydrogens is 332 g/mol. The van der Waals surface area contributed by atoms with Crippen molar-refractivity contribution in [2.45, 2.75) is 0 Å². The second-order valence-corrected chi connectivity index (χ2v) is 4.56. The lowest BCUT2D eigenvalue weighted by atomic mass is 10.2. The van der Waals surface area contributed by atoms with E-state index in [-0.39, 0.29) is 5.75 Å². The van der Waals surface area contributed by atoms with Crippen LogP contribution < -0.4 is 4.74 Å². The van der Waals surface area contributed by atoms with Crippen LogP contribution in [0.5, 0.6) is 11.5 Å². The second kappa shape index (κ2) is 5.15. The van der Waals surface area contributed by atoms with Gasteiger partial charge in [0, 0.05) is 3.57 Å². The molecule has 0 saturated carbocycles. The lowest BCUT2D eigenvalue weighted by molar-refractivity contribution is 0.442. The van der Waals surface area contributed by atoms with Crippen molar-refractivity contribution in [1.82, 2.24) is 0 Å². The Bertz CT molecular complexity index is 575. The minimum absolute atomic E-state index is 0.176. The number of hydrogen-bond donors (Lipinski definition) is 0. The molecule has 4 heteroatoms. The van der Waals surface area contributed by atoms with Gasteiger partial charge in [0.05, 0.1) is 11.6 Å². The summed E-state index contributed by atoms with van der Waals surface area (Å²) in [5.41, 5.74) is 0.542. The molecule has 0 radical (unpaired) electrons. The zero-order valence-electron chi connectivity index (χ0n) is 8.65. The number of nitrogens with zero attached hydrogens (tertiary/aromatic N) is 1. The number of hydrogen-bond acceptors (Lipinski definition) is 2. The summed E-state index contributed by atoms with van der Waals surface area (Å²) in [5, 5.41) is 8.64. The predicted octanol–water partition coefficient (Wildman–Crippen LogP) is 4.09. The van der Waals surface area contributed by atoms with Gasteiger partial charge in [-0.15, -0.1) is 0 Å². The number of rotatable bonds is 2. The zero-order valence-corrected chi connectivity index (χ0v) is 10.8. The summed E-state index contributed by atoms with van der Waals surface area (Å²) in [6.45, 7) is 0. The first-order valence-electron chi connectivity index (χ1n) is 4.82.